The Balaban J connectivity index is 1.85. The van der Waals surface area contributed by atoms with Gasteiger partial charge in [-0.15, -0.1) is 0 Å². The number of ether oxygens (including phenoxy) is 1. The number of halogens is 1. The Morgan fingerprint density at radius 3 is 2.52 bits per heavy atom. The molecule has 0 saturated carbocycles. The van der Waals surface area contributed by atoms with E-state index >= 15 is 0 Å². The van der Waals surface area contributed by atoms with Crippen molar-refractivity contribution < 1.29 is 9.13 Å². The summed E-state index contributed by atoms with van der Waals surface area (Å²) in [6, 6.07) is 14.6. The molecule has 0 fully saturated rings. The highest BCUT2D eigenvalue weighted by Gasteiger charge is 2.13. The van der Waals surface area contributed by atoms with Crippen LogP contribution in [0.4, 0.5) is 4.39 Å². The maximum absolute atomic E-state index is 13.2. The fourth-order valence-electron chi connectivity index (χ4n) is 3.10. The zero-order valence-corrected chi connectivity index (χ0v) is 14.7. The predicted octanol–water partition coefficient (Wildman–Crippen LogP) is 4.89. The molecule has 0 saturated heterocycles. The van der Waals surface area contributed by atoms with Crippen molar-refractivity contribution in [1.82, 2.24) is 9.55 Å². The van der Waals surface area contributed by atoms with Gasteiger partial charge in [0.2, 0.25) is 0 Å². The third-order valence-electron chi connectivity index (χ3n) is 4.37. The van der Waals surface area contributed by atoms with Gasteiger partial charge in [-0.2, -0.15) is 0 Å². The molecule has 0 amide bonds. The summed E-state index contributed by atoms with van der Waals surface area (Å²) in [5.74, 6) is 0.690. The maximum atomic E-state index is 13.2. The van der Waals surface area contributed by atoms with Gasteiger partial charge in [-0.3, -0.25) is 0 Å². The quantitative estimate of drug-likeness (QED) is 0.613. The molecular weight excluding hydrogens is 315 g/mol. The normalized spacial score (nSPS) is 10.8. The maximum Gasteiger partial charge on any atom is 0.123 e. The van der Waals surface area contributed by atoms with Crippen LogP contribution in [-0.2, 0) is 19.4 Å². The van der Waals surface area contributed by atoms with Crippen LogP contribution in [0.2, 0.25) is 0 Å². The Morgan fingerprint density at radius 1 is 1.04 bits per heavy atom. The topological polar surface area (TPSA) is 27.1 Å². The summed E-state index contributed by atoms with van der Waals surface area (Å²) in [7, 11) is 1.70. The lowest BCUT2D eigenvalue weighted by Gasteiger charge is -2.12. The summed E-state index contributed by atoms with van der Waals surface area (Å²) < 4.78 is 20.8. The summed E-state index contributed by atoms with van der Waals surface area (Å²) in [5.41, 5.74) is 4.29. The number of rotatable bonds is 7. The number of nitrogens with zero attached hydrogens (tertiary/aromatic N) is 2. The standard InChI is InChI=1S/C21H23FN2O/c1-3-6-19-21(17-9-11-18(22)12-10-17)23-15-24(19)14-13-16-7-4-5-8-20(16)25-2/h4-5,7-12,15H,3,6,13-14H2,1-2H3. The first-order valence-electron chi connectivity index (χ1n) is 8.64. The highest BCUT2D eigenvalue weighted by atomic mass is 19.1. The van der Waals surface area contributed by atoms with E-state index in [9.17, 15) is 4.39 Å². The van der Waals surface area contributed by atoms with Gasteiger partial charge in [0.05, 0.1) is 19.1 Å². The van der Waals surface area contributed by atoms with E-state index in [-0.39, 0.29) is 5.82 Å². The summed E-state index contributed by atoms with van der Waals surface area (Å²) in [6.07, 6.45) is 4.74. The second-order valence-electron chi connectivity index (χ2n) is 6.05. The number of hydrogen-bond acceptors (Lipinski definition) is 2. The van der Waals surface area contributed by atoms with Gasteiger partial charge in [-0.05, 0) is 48.7 Å². The highest BCUT2D eigenvalue weighted by molar-refractivity contribution is 5.62. The molecule has 0 radical (unpaired) electrons. The van der Waals surface area contributed by atoms with Crippen LogP contribution < -0.4 is 4.74 Å². The zero-order valence-electron chi connectivity index (χ0n) is 14.7. The molecule has 0 N–H and O–H groups in total. The van der Waals surface area contributed by atoms with Gasteiger partial charge in [0, 0.05) is 17.8 Å². The van der Waals surface area contributed by atoms with E-state index in [0.717, 1.165) is 42.8 Å². The van der Waals surface area contributed by atoms with Crippen molar-refractivity contribution in [1.29, 1.82) is 0 Å². The van der Waals surface area contributed by atoms with Crippen molar-refractivity contribution in [3.8, 4) is 17.0 Å². The molecule has 3 rings (SSSR count). The molecule has 0 aliphatic rings. The minimum Gasteiger partial charge on any atom is -0.496 e. The molecule has 2 aromatic carbocycles. The molecule has 0 unspecified atom stereocenters. The van der Waals surface area contributed by atoms with Crippen molar-refractivity contribution >= 4 is 0 Å². The van der Waals surface area contributed by atoms with Crippen LogP contribution in [-0.4, -0.2) is 16.7 Å². The molecular formula is C21H23FN2O. The molecule has 4 heteroatoms. The van der Waals surface area contributed by atoms with E-state index in [2.05, 4.69) is 22.5 Å². The fourth-order valence-corrected chi connectivity index (χ4v) is 3.10. The van der Waals surface area contributed by atoms with Crippen LogP contribution in [0.5, 0.6) is 5.75 Å². The van der Waals surface area contributed by atoms with E-state index in [1.165, 1.54) is 23.4 Å². The van der Waals surface area contributed by atoms with Gasteiger partial charge in [-0.1, -0.05) is 31.5 Å². The number of aromatic nitrogens is 2. The average Bonchev–Trinajstić information content (AvgIpc) is 3.04. The number of aryl methyl sites for hydroxylation is 2. The average molecular weight is 338 g/mol. The number of para-hydroxylation sites is 1. The molecule has 1 heterocycles. The van der Waals surface area contributed by atoms with Gasteiger partial charge < -0.3 is 9.30 Å². The van der Waals surface area contributed by atoms with Crippen LogP contribution >= 0.6 is 0 Å². The third kappa shape index (κ3) is 3.90. The Morgan fingerprint density at radius 2 is 1.80 bits per heavy atom. The lowest BCUT2D eigenvalue weighted by atomic mass is 10.1. The van der Waals surface area contributed by atoms with Crippen molar-refractivity contribution in [3.63, 3.8) is 0 Å². The number of benzene rings is 2. The molecule has 130 valence electrons. The lowest BCUT2D eigenvalue weighted by Crippen LogP contribution is -2.06. The van der Waals surface area contributed by atoms with E-state index in [1.54, 1.807) is 19.2 Å². The Kier molecular flexibility index (Phi) is 5.49. The molecule has 0 atom stereocenters. The Labute approximate surface area is 148 Å². The number of methoxy groups -OCH3 is 1. The summed E-state index contributed by atoms with van der Waals surface area (Å²) in [5, 5.41) is 0. The third-order valence-corrected chi connectivity index (χ3v) is 4.37. The number of imidazole rings is 1. The zero-order chi connectivity index (χ0) is 17.6. The van der Waals surface area contributed by atoms with Crippen molar-refractivity contribution in [2.45, 2.75) is 32.7 Å². The SMILES string of the molecule is CCCc1c(-c2ccc(F)cc2)ncn1CCc1ccccc1OC. The van der Waals surface area contributed by atoms with Crippen molar-refractivity contribution in [2.75, 3.05) is 7.11 Å². The molecule has 0 aliphatic carbocycles. The summed E-state index contributed by atoms with van der Waals surface area (Å²) in [4.78, 5) is 4.60. The second kappa shape index (κ2) is 7.97. The van der Waals surface area contributed by atoms with Gasteiger partial charge in [0.15, 0.2) is 0 Å². The smallest absolute Gasteiger partial charge is 0.123 e. The van der Waals surface area contributed by atoms with Crippen molar-refractivity contribution in [3.05, 3.63) is 71.9 Å². The van der Waals surface area contributed by atoms with E-state index < -0.39 is 0 Å². The second-order valence-corrected chi connectivity index (χ2v) is 6.05. The first-order chi connectivity index (χ1) is 12.2. The van der Waals surface area contributed by atoms with Crippen LogP contribution in [0.15, 0.2) is 54.9 Å². The Hall–Kier alpha value is -2.62. The van der Waals surface area contributed by atoms with Gasteiger partial charge in [0.1, 0.15) is 11.6 Å². The van der Waals surface area contributed by atoms with Gasteiger partial charge >= 0.3 is 0 Å². The number of hydrogen-bond donors (Lipinski definition) is 0. The summed E-state index contributed by atoms with van der Waals surface area (Å²) >= 11 is 0. The minimum absolute atomic E-state index is 0.226. The van der Waals surface area contributed by atoms with Crippen LogP contribution in [0.1, 0.15) is 24.6 Å². The Bertz CT molecular complexity index is 824. The molecule has 3 aromatic rings. The van der Waals surface area contributed by atoms with E-state index in [0.29, 0.717) is 0 Å². The highest BCUT2D eigenvalue weighted by Crippen LogP contribution is 2.25. The lowest BCUT2D eigenvalue weighted by molar-refractivity contribution is 0.408. The largest absolute Gasteiger partial charge is 0.496 e. The van der Waals surface area contributed by atoms with Gasteiger partial charge in [-0.25, -0.2) is 9.37 Å². The van der Waals surface area contributed by atoms with Crippen molar-refractivity contribution in [2.24, 2.45) is 0 Å². The molecule has 0 spiro atoms. The monoisotopic (exact) mass is 338 g/mol. The predicted molar refractivity (Wildman–Crippen MR) is 98.3 cm³/mol. The first kappa shape index (κ1) is 17.2. The summed E-state index contributed by atoms with van der Waals surface area (Å²) in [6.45, 7) is 3.00. The van der Waals surface area contributed by atoms with E-state index in [4.69, 9.17) is 4.74 Å². The fraction of sp³-hybridized carbons (Fsp3) is 0.286. The molecule has 0 bridgehead atoms. The molecule has 25 heavy (non-hydrogen) atoms. The van der Waals surface area contributed by atoms with E-state index in [1.807, 2.05) is 24.5 Å². The van der Waals surface area contributed by atoms with Crippen LogP contribution in [0.25, 0.3) is 11.3 Å². The van der Waals surface area contributed by atoms with Crippen LogP contribution in [0, 0.1) is 5.82 Å². The minimum atomic E-state index is -0.226. The van der Waals surface area contributed by atoms with Gasteiger partial charge in [0.25, 0.3) is 0 Å². The molecule has 0 aliphatic heterocycles. The van der Waals surface area contributed by atoms with Crippen LogP contribution in [0.3, 0.4) is 0 Å². The molecule has 3 nitrogen and oxygen atoms in total. The first-order valence-corrected chi connectivity index (χ1v) is 8.64. The molecule has 1 aromatic heterocycles.